The molecule has 1 fully saturated rings. The van der Waals surface area contributed by atoms with E-state index in [1.807, 2.05) is 23.1 Å². The summed E-state index contributed by atoms with van der Waals surface area (Å²) in [6, 6.07) is 10.6. The zero-order valence-corrected chi connectivity index (χ0v) is 14.8. The normalized spacial score (nSPS) is 14.7. The molecule has 1 saturated heterocycles. The molecule has 0 spiro atoms. The second-order valence-corrected chi connectivity index (χ2v) is 7.13. The molecule has 0 bridgehead atoms. The number of fused-ring (bicyclic) bond motifs is 1. The van der Waals surface area contributed by atoms with Crippen molar-refractivity contribution in [2.75, 3.05) is 31.2 Å². The molecule has 134 valence electrons. The fraction of sp³-hybridized carbons (Fsp3) is 0.263. The summed E-state index contributed by atoms with van der Waals surface area (Å²) in [5, 5.41) is 11.6. The molecule has 1 aliphatic rings. The summed E-state index contributed by atoms with van der Waals surface area (Å²) in [4.78, 5) is 18.4. The summed E-state index contributed by atoms with van der Waals surface area (Å²) in [5.74, 6) is -1.31. The minimum absolute atomic E-state index is 0.208. The molecular weight excluding hydrogens is 355 g/mol. The first-order valence-corrected chi connectivity index (χ1v) is 9.16. The van der Waals surface area contributed by atoms with E-state index in [0.29, 0.717) is 48.1 Å². The van der Waals surface area contributed by atoms with Gasteiger partial charge in [0.2, 0.25) is 0 Å². The molecule has 5 nitrogen and oxygen atoms in total. The van der Waals surface area contributed by atoms with E-state index in [-0.39, 0.29) is 17.1 Å². The van der Waals surface area contributed by atoms with Crippen LogP contribution >= 0.6 is 11.3 Å². The second-order valence-electron chi connectivity index (χ2n) is 6.15. The summed E-state index contributed by atoms with van der Waals surface area (Å²) in [7, 11) is 0. The minimum atomic E-state index is -1.00. The molecule has 0 unspecified atom stereocenters. The summed E-state index contributed by atoms with van der Waals surface area (Å²) in [5.41, 5.74) is 1.18. The zero-order chi connectivity index (χ0) is 18.1. The average Bonchev–Trinajstić information content (AvgIpc) is 3.07. The molecule has 2 heterocycles. The van der Waals surface area contributed by atoms with Gasteiger partial charge in [-0.3, -0.25) is 0 Å². The fourth-order valence-corrected chi connectivity index (χ4v) is 4.11. The molecule has 26 heavy (non-hydrogen) atoms. The zero-order valence-electron chi connectivity index (χ0n) is 13.9. The van der Waals surface area contributed by atoms with E-state index >= 15 is 0 Å². The molecular formula is C19H17FN2O3S. The third kappa shape index (κ3) is 3.27. The summed E-state index contributed by atoms with van der Waals surface area (Å²) in [6.45, 7) is 2.59. The minimum Gasteiger partial charge on any atom is -0.477 e. The Kier molecular flexibility index (Phi) is 4.57. The second kappa shape index (κ2) is 7.01. The fourth-order valence-electron chi connectivity index (χ4n) is 3.13. The molecule has 1 N–H and O–H groups in total. The van der Waals surface area contributed by atoms with E-state index < -0.39 is 5.97 Å². The lowest BCUT2D eigenvalue weighted by Gasteiger charge is -2.26. The van der Waals surface area contributed by atoms with E-state index in [2.05, 4.69) is 4.98 Å². The highest BCUT2D eigenvalue weighted by molar-refractivity contribution is 7.17. The lowest BCUT2D eigenvalue weighted by molar-refractivity contribution is 0.0701. The Bertz CT molecular complexity index is 967. The molecule has 1 aromatic heterocycles. The first-order chi connectivity index (χ1) is 12.6. The van der Waals surface area contributed by atoms with E-state index in [9.17, 15) is 14.3 Å². The molecule has 7 heteroatoms. The van der Waals surface area contributed by atoms with Crippen molar-refractivity contribution in [3.8, 4) is 0 Å². The number of carbonyl (C=O) groups is 1. The number of rotatable bonds is 4. The number of benzene rings is 2. The Morgan fingerprint density at radius 3 is 2.81 bits per heavy atom. The molecule has 0 saturated carbocycles. The predicted octanol–water partition coefficient (Wildman–Crippen LogP) is 3.56. The maximum absolute atomic E-state index is 14.3. The SMILES string of the molecule is O=C(O)c1sc(N2CCOCC2)nc1Cc1cc(F)c2ccccc2c1. The Labute approximate surface area is 153 Å². The highest BCUT2D eigenvalue weighted by atomic mass is 32.1. The number of hydrogen-bond donors (Lipinski definition) is 1. The van der Waals surface area contributed by atoms with Gasteiger partial charge in [0.1, 0.15) is 10.7 Å². The predicted molar refractivity (Wildman–Crippen MR) is 98.8 cm³/mol. The van der Waals surface area contributed by atoms with Crippen molar-refractivity contribution >= 4 is 33.2 Å². The maximum Gasteiger partial charge on any atom is 0.347 e. The van der Waals surface area contributed by atoms with Gasteiger partial charge in [0.25, 0.3) is 0 Å². The molecule has 1 aliphatic heterocycles. The Morgan fingerprint density at radius 1 is 1.27 bits per heavy atom. The van der Waals surface area contributed by atoms with Crippen molar-refractivity contribution in [1.29, 1.82) is 0 Å². The van der Waals surface area contributed by atoms with Crippen LogP contribution in [0.2, 0.25) is 0 Å². The van der Waals surface area contributed by atoms with Crippen LogP contribution in [0.4, 0.5) is 9.52 Å². The van der Waals surface area contributed by atoms with Gasteiger partial charge in [-0.15, -0.1) is 0 Å². The number of nitrogens with zero attached hydrogens (tertiary/aromatic N) is 2. The Morgan fingerprint density at radius 2 is 2.04 bits per heavy atom. The van der Waals surface area contributed by atoms with Crippen LogP contribution in [-0.4, -0.2) is 42.4 Å². The standard InChI is InChI=1S/C19H17FN2O3S/c20-15-10-12(9-13-3-1-2-4-14(13)15)11-16-17(18(23)24)26-19(21-16)22-5-7-25-8-6-22/h1-4,9-10H,5-8,11H2,(H,23,24). The van der Waals surface area contributed by atoms with Gasteiger partial charge in [-0.2, -0.15) is 0 Å². The van der Waals surface area contributed by atoms with E-state index in [0.717, 1.165) is 5.39 Å². The molecule has 0 radical (unpaired) electrons. The van der Waals surface area contributed by atoms with Gasteiger partial charge in [-0.25, -0.2) is 14.2 Å². The lowest BCUT2D eigenvalue weighted by atomic mass is 10.0. The van der Waals surface area contributed by atoms with E-state index in [4.69, 9.17) is 4.74 Å². The van der Waals surface area contributed by atoms with Crippen LogP contribution in [-0.2, 0) is 11.2 Å². The van der Waals surface area contributed by atoms with Crippen molar-refractivity contribution in [2.24, 2.45) is 0 Å². The first-order valence-electron chi connectivity index (χ1n) is 8.34. The van der Waals surface area contributed by atoms with Gasteiger partial charge >= 0.3 is 5.97 Å². The summed E-state index contributed by atoms with van der Waals surface area (Å²) in [6.07, 6.45) is 0.282. The van der Waals surface area contributed by atoms with E-state index in [1.54, 1.807) is 12.1 Å². The first kappa shape index (κ1) is 16.9. The molecule has 2 aromatic carbocycles. The molecule has 4 rings (SSSR count). The highest BCUT2D eigenvalue weighted by Crippen LogP contribution is 2.30. The molecule has 0 atom stereocenters. The summed E-state index contributed by atoms with van der Waals surface area (Å²) >= 11 is 1.17. The number of halogens is 1. The van der Waals surface area contributed by atoms with Crippen LogP contribution in [0.3, 0.4) is 0 Å². The van der Waals surface area contributed by atoms with Crippen LogP contribution in [0.5, 0.6) is 0 Å². The number of carboxylic acids is 1. The smallest absolute Gasteiger partial charge is 0.347 e. The van der Waals surface area contributed by atoms with Crippen molar-refractivity contribution in [2.45, 2.75) is 6.42 Å². The van der Waals surface area contributed by atoms with Crippen LogP contribution in [0.25, 0.3) is 10.8 Å². The summed E-state index contributed by atoms with van der Waals surface area (Å²) < 4.78 is 19.7. The molecule has 0 aliphatic carbocycles. The number of carboxylic acid groups (broad SMARTS) is 1. The van der Waals surface area contributed by atoms with Crippen molar-refractivity contribution < 1.29 is 19.0 Å². The van der Waals surface area contributed by atoms with Gasteiger partial charge in [0.05, 0.1) is 18.9 Å². The third-order valence-corrected chi connectivity index (χ3v) is 5.55. The molecule has 0 amide bonds. The largest absolute Gasteiger partial charge is 0.477 e. The number of aromatic carboxylic acids is 1. The number of ether oxygens (including phenoxy) is 1. The van der Waals surface area contributed by atoms with E-state index in [1.165, 1.54) is 17.4 Å². The van der Waals surface area contributed by atoms with Crippen molar-refractivity contribution in [1.82, 2.24) is 4.98 Å². The van der Waals surface area contributed by atoms with Gasteiger partial charge in [0, 0.05) is 24.9 Å². The number of hydrogen-bond acceptors (Lipinski definition) is 5. The van der Waals surface area contributed by atoms with Gasteiger partial charge in [-0.1, -0.05) is 41.7 Å². The average molecular weight is 372 g/mol. The number of anilines is 1. The van der Waals surface area contributed by atoms with Gasteiger partial charge in [0.15, 0.2) is 5.13 Å². The van der Waals surface area contributed by atoms with Crippen molar-refractivity contribution in [3.63, 3.8) is 0 Å². The quantitative estimate of drug-likeness (QED) is 0.759. The van der Waals surface area contributed by atoms with Crippen molar-refractivity contribution in [3.05, 3.63) is 58.3 Å². The Balaban J connectivity index is 1.69. The maximum atomic E-state index is 14.3. The van der Waals surface area contributed by atoms with Crippen LogP contribution in [0.15, 0.2) is 36.4 Å². The monoisotopic (exact) mass is 372 g/mol. The topological polar surface area (TPSA) is 62.7 Å². The lowest BCUT2D eigenvalue weighted by Crippen LogP contribution is -2.36. The Hall–Kier alpha value is -2.51. The highest BCUT2D eigenvalue weighted by Gasteiger charge is 2.22. The van der Waals surface area contributed by atoms with Gasteiger partial charge < -0.3 is 14.7 Å². The molecule has 3 aromatic rings. The third-order valence-electron chi connectivity index (χ3n) is 4.40. The number of aromatic nitrogens is 1. The van der Waals surface area contributed by atoms with Gasteiger partial charge in [-0.05, 0) is 17.0 Å². The number of morpholine rings is 1. The number of thiazole rings is 1. The van der Waals surface area contributed by atoms with Crippen LogP contribution < -0.4 is 4.90 Å². The van der Waals surface area contributed by atoms with Crippen LogP contribution in [0.1, 0.15) is 20.9 Å². The van der Waals surface area contributed by atoms with Crippen LogP contribution in [0, 0.1) is 5.82 Å².